The van der Waals surface area contributed by atoms with Crippen LogP contribution in [0, 0.1) is 0 Å². The van der Waals surface area contributed by atoms with Crippen molar-refractivity contribution in [3.05, 3.63) is 35.4 Å². The van der Waals surface area contributed by atoms with Gasteiger partial charge in [0.05, 0.1) is 5.75 Å². The predicted octanol–water partition coefficient (Wildman–Crippen LogP) is -0.376. The maximum absolute atomic E-state index is 11.9. The molecule has 0 radical (unpaired) electrons. The summed E-state index contributed by atoms with van der Waals surface area (Å²) in [6.45, 7) is 1.20. The lowest BCUT2D eigenvalue weighted by Crippen LogP contribution is -2.43. The lowest BCUT2D eigenvalue weighted by molar-refractivity contribution is -0.140. The van der Waals surface area contributed by atoms with Crippen LogP contribution in [0.4, 0.5) is 0 Å². The molecular formula is C13H16N2O5S. The monoisotopic (exact) mass is 312 g/mol. The zero-order valence-corrected chi connectivity index (χ0v) is 12.2. The molecule has 2 atom stereocenters. The number of hydrogen-bond acceptors (Lipinski definition) is 4. The van der Waals surface area contributed by atoms with E-state index >= 15 is 0 Å². The number of primary amides is 1. The molecule has 0 saturated carbocycles. The van der Waals surface area contributed by atoms with Crippen molar-refractivity contribution >= 4 is 28.6 Å². The minimum atomic E-state index is -1.47. The Balaban J connectivity index is 2.65. The molecule has 21 heavy (non-hydrogen) atoms. The summed E-state index contributed by atoms with van der Waals surface area (Å²) in [6, 6.07) is 5.04. The molecule has 0 aromatic heterocycles. The number of carboxylic acid groups (broad SMARTS) is 1. The van der Waals surface area contributed by atoms with E-state index in [0.717, 1.165) is 0 Å². The fourth-order valence-corrected chi connectivity index (χ4v) is 2.90. The topological polar surface area (TPSA) is 127 Å². The van der Waals surface area contributed by atoms with E-state index in [4.69, 9.17) is 10.8 Å². The van der Waals surface area contributed by atoms with E-state index in [-0.39, 0.29) is 11.5 Å². The fourth-order valence-electron chi connectivity index (χ4n) is 1.62. The van der Waals surface area contributed by atoms with E-state index in [0.29, 0.717) is 11.1 Å². The van der Waals surface area contributed by atoms with E-state index in [1.54, 1.807) is 12.1 Å². The Hall–Kier alpha value is -2.22. The third-order valence-corrected chi connectivity index (χ3v) is 3.95. The standard InChI is InChI=1S/C13H16N2O5S/c1-8(16)15-11(13(18)19)7-21(20)6-9-2-4-10(5-3-9)12(14)17/h2-5,11H,6-7H2,1H3,(H2,14,17)(H,15,16)(H,18,19)/t11-,21?/m0/s1. The second-order valence-corrected chi connectivity index (χ2v) is 5.91. The summed E-state index contributed by atoms with van der Waals surface area (Å²) in [5, 5.41) is 11.2. The van der Waals surface area contributed by atoms with Gasteiger partial charge < -0.3 is 16.2 Å². The molecule has 0 bridgehead atoms. The molecule has 0 heterocycles. The molecule has 0 spiro atoms. The van der Waals surface area contributed by atoms with Gasteiger partial charge in [-0.1, -0.05) is 12.1 Å². The van der Waals surface area contributed by atoms with Crippen LogP contribution >= 0.6 is 0 Å². The molecule has 114 valence electrons. The van der Waals surface area contributed by atoms with Gasteiger partial charge in [0.2, 0.25) is 11.8 Å². The molecule has 8 heteroatoms. The summed E-state index contributed by atoms with van der Waals surface area (Å²) in [6.07, 6.45) is 0. The minimum absolute atomic E-state index is 0.127. The highest BCUT2D eigenvalue weighted by Crippen LogP contribution is 2.07. The number of rotatable bonds is 7. The number of hydrogen-bond donors (Lipinski definition) is 3. The van der Waals surface area contributed by atoms with E-state index in [1.807, 2.05) is 0 Å². The van der Waals surface area contributed by atoms with Crippen molar-refractivity contribution in [1.82, 2.24) is 5.32 Å². The molecule has 2 amide bonds. The molecule has 0 aliphatic rings. The van der Waals surface area contributed by atoms with Crippen LogP contribution in [-0.2, 0) is 26.1 Å². The van der Waals surface area contributed by atoms with E-state index in [1.165, 1.54) is 19.1 Å². The second-order valence-electron chi connectivity index (χ2n) is 4.40. The van der Waals surface area contributed by atoms with E-state index in [9.17, 15) is 18.6 Å². The Morgan fingerprint density at radius 1 is 1.29 bits per heavy atom. The summed E-state index contributed by atoms with van der Waals surface area (Å²) < 4.78 is 11.9. The van der Waals surface area contributed by atoms with Gasteiger partial charge in [0, 0.05) is 29.0 Å². The average molecular weight is 312 g/mol. The number of nitrogens with two attached hydrogens (primary N) is 1. The van der Waals surface area contributed by atoms with Gasteiger partial charge >= 0.3 is 5.97 Å². The number of carbonyl (C=O) groups is 3. The summed E-state index contributed by atoms with van der Waals surface area (Å²) in [4.78, 5) is 32.7. The SMILES string of the molecule is CC(=O)N[C@@H](CS(=O)Cc1ccc(C(N)=O)cc1)C(=O)O. The Labute approximate surface area is 124 Å². The van der Waals surface area contributed by atoms with Crippen LogP contribution in [0.25, 0.3) is 0 Å². The van der Waals surface area contributed by atoms with Crippen LogP contribution in [0.3, 0.4) is 0 Å². The molecular weight excluding hydrogens is 296 g/mol. The number of aliphatic carboxylic acids is 1. The summed E-state index contributed by atoms with van der Waals surface area (Å²) in [7, 11) is -1.47. The van der Waals surface area contributed by atoms with Crippen molar-refractivity contribution in [1.29, 1.82) is 0 Å². The Morgan fingerprint density at radius 2 is 1.86 bits per heavy atom. The summed E-state index contributed by atoms with van der Waals surface area (Å²) in [5.74, 6) is -2.35. The number of amides is 2. The molecule has 0 aliphatic carbocycles. The van der Waals surface area contributed by atoms with Crippen LogP contribution < -0.4 is 11.1 Å². The first-order valence-electron chi connectivity index (χ1n) is 6.03. The highest BCUT2D eigenvalue weighted by Gasteiger charge is 2.21. The van der Waals surface area contributed by atoms with E-state index < -0.39 is 34.6 Å². The number of nitrogens with one attached hydrogen (secondary N) is 1. The first-order chi connectivity index (χ1) is 9.79. The largest absolute Gasteiger partial charge is 0.480 e. The lowest BCUT2D eigenvalue weighted by atomic mass is 10.1. The second kappa shape index (κ2) is 7.53. The minimum Gasteiger partial charge on any atom is -0.480 e. The predicted molar refractivity (Wildman–Crippen MR) is 76.9 cm³/mol. The molecule has 1 rings (SSSR count). The molecule has 7 nitrogen and oxygen atoms in total. The van der Waals surface area contributed by atoms with Gasteiger partial charge in [0.1, 0.15) is 6.04 Å². The van der Waals surface area contributed by atoms with Gasteiger partial charge in [-0.05, 0) is 17.7 Å². The van der Waals surface area contributed by atoms with E-state index in [2.05, 4.69) is 5.32 Å². The molecule has 0 fully saturated rings. The fraction of sp³-hybridized carbons (Fsp3) is 0.308. The Bertz CT molecular complexity index is 570. The van der Waals surface area contributed by atoms with Gasteiger partial charge in [-0.15, -0.1) is 0 Å². The third kappa shape index (κ3) is 5.74. The van der Waals surface area contributed by atoms with Crippen LogP contribution in [0.1, 0.15) is 22.8 Å². The number of carbonyl (C=O) groups excluding carboxylic acids is 2. The van der Waals surface area contributed by atoms with Gasteiger partial charge in [-0.25, -0.2) is 4.79 Å². The van der Waals surface area contributed by atoms with Crippen molar-refractivity contribution in [2.45, 2.75) is 18.7 Å². The third-order valence-electron chi connectivity index (χ3n) is 2.59. The maximum atomic E-state index is 11.9. The highest BCUT2D eigenvalue weighted by molar-refractivity contribution is 7.84. The highest BCUT2D eigenvalue weighted by atomic mass is 32.2. The Morgan fingerprint density at radius 3 is 2.29 bits per heavy atom. The lowest BCUT2D eigenvalue weighted by Gasteiger charge is -2.12. The van der Waals surface area contributed by atoms with Crippen molar-refractivity contribution in [2.75, 3.05) is 5.75 Å². The van der Waals surface area contributed by atoms with Gasteiger partial charge in [-0.2, -0.15) is 0 Å². The molecule has 0 aliphatic heterocycles. The van der Waals surface area contributed by atoms with Crippen molar-refractivity contribution in [3.8, 4) is 0 Å². The zero-order chi connectivity index (χ0) is 16.0. The van der Waals surface area contributed by atoms with Crippen molar-refractivity contribution in [3.63, 3.8) is 0 Å². The molecule has 0 saturated heterocycles. The van der Waals surface area contributed by atoms with Crippen molar-refractivity contribution in [2.24, 2.45) is 5.73 Å². The molecule has 1 aromatic rings. The Kier molecular flexibility index (Phi) is 6.04. The van der Waals surface area contributed by atoms with Crippen LogP contribution in [0.15, 0.2) is 24.3 Å². The molecule has 1 unspecified atom stereocenters. The normalized spacial score (nSPS) is 13.2. The first-order valence-corrected chi connectivity index (χ1v) is 7.52. The van der Waals surface area contributed by atoms with Gasteiger partial charge in [0.15, 0.2) is 0 Å². The quantitative estimate of drug-likeness (QED) is 0.633. The number of benzene rings is 1. The van der Waals surface area contributed by atoms with Crippen LogP contribution in [0.5, 0.6) is 0 Å². The zero-order valence-electron chi connectivity index (χ0n) is 11.4. The van der Waals surface area contributed by atoms with Gasteiger partial charge in [-0.3, -0.25) is 13.8 Å². The van der Waals surface area contributed by atoms with Crippen molar-refractivity contribution < 1.29 is 23.7 Å². The molecule has 1 aromatic carbocycles. The summed E-state index contributed by atoms with van der Waals surface area (Å²) in [5.41, 5.74) is 6.13. The average Bonchev–Trinajstić information content (AvgIpc) is 2.37. The smallest absolute Gasteiger partial charge is 0.327 e. The maximum Gasteiger partial charge on any atom is 0.327 e. The van der Waals surface area contributed by atoms with Gasteiger partial charge in [0.25, 0.3) is 0 Å². The van der Waals surface area contributed by atoms with Crippen LogP contribution in [-0.4, -0.2) is 38.9 Å². The summed E-state index contributed by atoms with van der Waals surface area (Å²) >= 11 is 0. The number of carboxylic acids is 1. The first kappa shape index (κ1) is 16.8. The molecule has 4 N–H and O–H groups in total. The van der Waals surface area contributed by atoms with Crippen LogP contribution in [0.2, 0.25) is 0 Å².